The van der Waals surface area contributed by atoms with Gasteiger partial charge in [0.2, 0.25) is 0 Å². The number of esters is 2. The molecule has 0 saturated carbocycles. The molecule has 0 aromatic rings. The molecule has 1 N–H and O–H groups in total. The molecule has 5 atom stereocenters. The van der Waals surface area contributed by atoms with Crippen molar-refractivity contribution in [3.8, 4) is 0 Å². The first-order chi connectivity index (χ1) is 13.9. The normalized spacial score (nSPS) is 31.3. The summed E-state index contributed by atoms with van der Waals surface area (Å²) >= 11 is 0. The van der Waals surface area contributed by atoms with Gasteiger partial charge in [0, 0.05) is 30.3 Å². The van der Waals surface area contributed by atoms with Gasteiger partial charge in [0.25, 0.3) is 0 Å². The molecule has 5 unspecified atom stereocenters. The van der Waals surface area contributed by atoms with Gasteiger partial charge in [-0.15, -0.1) is 0 Å². The van der Waals surface area contributed by atoms with Crippen LogP contribution in [0.4, 0.5) is 0 Å². The zero-order valence-electron chi connectivity index (χ0n) is 17.3. The molecule has 1 heterocycles. The molecule has 1 saturated heterocycles. The van der Waals surface area contributed by atoms with E-state index in [1.807, 2.05) is 13.8 Å². The molecule has 0 radical (unpaired) electrons. The van der Waals surface area contributed by atoms with Crippen molar-refractivity contribution in [3.63, 3.8) is 0 Å². The molecular formula is C20H26O9S. The van der Waals surface area contributed by atoms with Crippen LogP contribution >= 0.6 is 0 Å². The Balaban J connectivity index is 2.01. The van der Waals surface area contributed by atoms with Crippen molar-refractivity contribution in [1.82, 2.24) is 0 Å². The van der Waals surface area contributed by atoms with Gasteiger partial charge in [0.1, 0.15) is 12.7 Å². The van der Waals surface area contributed by atoms with E-state index in [2.05, 4.69) is 0 Å². The largest absolute Gasteiger partial charge is 0.461 e. The number of allylic oxidation sites excluding steroid dienone is 1. The summed E-state index contributed by atoms with van der Waals surface area (Å²) in [6.07, 6.45) is -0.421. The summed E-state index contributed by atoms with van der Waals surface area (Å²) in [7, 11) is -4.84. The fourth-order valence-electron chi connectivity index (χ4n) is 4.60. The Morgan fingerprint density at radius 1 is 1.33 bits per heavy atom. The van der Waals surface area contributed by atoms with Crippen LogP contribution in [0.15, 0.2) is 22.8 Å². The molecule has 30 heavy (non-hydrogen) atoms. The molecule has 1 fully saturated rings. The molecule has 10 heteroatoms. The fraction of sp³-hybridized carbons (Fsp3) is 0.650. The second kappa shape index (κ2) is 8.24. The summed E-state index contributed by atoms with van der Waals surface area (Å²) in [6.45, 7) is 6.85. The molecule has 1 aliphatic heterocycles. The number of hydrogen-bond acceptors (Lipinski definition) is 8. The lowest BCUT2D eigenvalue weighted by atomic mass is 9.80. The van der Waals surface area contributed by atoms with Crippen LogP contribution in [0.5, 0.6) is 0 Å². The van der Waals surface area contributed by atoms with Crippen molar-refractivity contribution < 1.29 is 41.0 Å². The van der Waals surface area contributed by atoms with E-state index in [-0.39, 0.29) is 31.1 Å². The van der Waals surface area contributed by atoms with Gasteiger partial charge in [0.15, 0.2) is 5.78 Å². The molecule has 9 nitrogen and oxygen atoms in total. The molecule has 0 bridgehead atoms. The third kappa shape index (κ3) is 4.50. The summed E-state index contributed by atoms with van der Waals surface area (Å²) < 4.78 is 48.1. The van der Waals surface area contributed by atoms with E-state index < -0.39 is 52.3 Å². The van der Waals surface area contributed by atoms with E-state index in [0.29, 0.717) is 16.7 Å². The van der Waals surface area contributed by atoms with E-state index >= 15 is 0 Å². The second-order valence-electron chi connectivity index (χ2n) is 8.54. The number of carbonyl (C=O) groups excluding carboxylic acids is 3. The minimum atomic E-state index is -4.84. The first-order valence-corrected chi connectivity index (χ1v) is 11.2. The summed E-state index contributed by atoms with van der Waals surface area (Å²) in [5.41, 5.74) is 1.41. The Hall–Kier alpha value is -2.04. The van der Waals surface area contributed by atoms with Crippen LogP contribution in [-0.4, -0.2) is 49.5 Å². The van der Waals surface area contributed by atoms with Gasteiger partial charge in [-0.2, -0.15) is 8.42 Å². The number of rotatable bonds is 6. The number of hydrogen-bond donors (Lipinski definition) is 1. The van der Waals surface area contributed by atoms with Crippen molar-refractivity contribution >= 4 is 28.1 Å². The van der Waals surface area contributed by atoms with Crippen LogP contribution in [0, 0.1) is 23.7 Å². The fourth-order valence-corrected chi connectivity index (χ4v) is 5.11. The van der Waals surface area contributed by atoms with E-state index in [4.69, 9.17) is 13.7 Å². The van der Waals surface area contributed by atoms with Gasteiger partial charge in [-0.25, -0.2) is 4.18 Å². The van der Waals surface area contributed by atoms with Crippen LogP contribution in [0.3, 0.4) is 0 Å². The second-order valence-corrected chi connectivity index (χ2v) is 9.59. The van der Waals surface area contributed by atoms with Crippen molar-refractivity contribution in [2.24, 2.45) is 23.7 Å². The SMILES string of the molecule is CC1=CC(=O)C2=C(COC(=O)CC(C)C)CC(OS(=O)(=O)O)C3C(C)C(=O)OC3C12. The highest BCUT2D eigenvalue weighted by Gasteiger charge is 2.55. The lowest BCUT2D eigenvalue weighted by molar-refractivity contribution is -0.145. The topological polar surface area (TPSA) is 133 Å². The third-order valence-corrected chi connectivity index (χ3v) is 6.31. The maximum absolute atomic E-state index is 12.7. The predicted octanol–water partition coefficient (Wildman–Crippen LogP) is 1.79. The van der Waals surface area contributed by atoms with Gasteiger partial charge >= 0.3 is 22.3 Å². The van der Waals surface area contributed by atoms with E-state index in [0.717, 1.165) is 0 Å². The molecule has 0 amide bonds. The monoisotopic (exact) mass is 442 g/mol. The van der Waals surface area contributed by atoms with Crippen molar-refractivity contribution in [2.75, 3.05) is 6.61 Å². The zero-order valence-corrected chi connectivity index (χ0v) is 18.1. The molecule has 0 aromatic carbocycles. The standard InChI is InChI=1S/C20H26O9S/c1-9(2)5-15(22)27-8-12-7-14(29-30(24,25)26)17-11(4)20(23)28-19(17)16-10(3)6-13(21)18(12)16/h6,9,11,14,16-17,19H,5,7-8H2,1-4H3,(H,24,25,26). The number of ketones is 1. The third-order valence-electron chi connectivity index (χ3n) is 5.82. The quantitative estimate of drug-likeness (QED) is 0.482. The highest BCUT2D eigenvalue weighted by molar-refractivity contribution is 7.80. The lowest BCUT2D eigenvalue weighted by Crippen LogP contribution is -2.37. The van der Waals surface area contributed by atoms with Gasteiger partial charge in [-0.05, 0) is 24.5 Å². The van der Waals surface area contributed by atoms with Crippen LogP contribution in [0.1, 0.15) is 40.5 Å². The average Bonchev–Trinajstić information content (AvgIpc) is 2.99. The Bertz CT molecular complexity index is 928. The zero-order chi connectivity index (χ0) is 22.4. The molecule has 3 rings (SSSR count). The van der Waals surface area contributed by atoms with Gasteiger partial charge in [0.05, 0.1) is 12.0 Å². The van der Waals surface area contributed by atoms with Crippen LogP contribution in [0.2, 0.25) is 0 Å². The maximum atomic E-state index is 12.7. The van der Waals surface area contributed by atoms with Gasteiger partial charge in [-0.3, -0.25) is 18.9 Å². The minimum absolute atomic E-state index is 0.0873. The summed E-state index contributed by atoms with van der Waals surface area (Å²) in [4.78, 5) is 37.0. The van der Waals surface area contributed by atoms with Crippen LogP contribution < -0.4 is 0 Å². The van der Waals surface area contributed by atoms with Gasteiger partial charge in [-0.1, -0.05) is 26.3 Å². The summed E-state index contributed by atoms with van der Waals surface area (Å²) in [5.74, 6) is -3.16. The highest BCUT2D eigenvalue weighted by atomic mass is 32.3. The molecule has 166 valence electrons. The van der Waals surface area contributed by atoms with Crippen molar-refractivity contribution in [2.45, 2.75) is 52.7 Å². The van der Waals surface area contributed by atoms with E-state index in [9.17, 15) is 27.4 Å². The van der Waals surface area contributed by atoms with Crippen molar-refractivity contribution in [3.05, 3.63) is 22.8 Å². The first kappa shape index (κ1) is 22.6. The maximum Gasteiger partial charge on any atom is 0.397 e. The van der Waals surface area contributed by atoms with Gasteiger partial charge < -0.3 is 9.47 Å². The number of carbonyl (C=O) groups is 3. The Kier molecular flexibility index (Phi) is 6.22. The average molecular weight is 442 g/mol. The van der Waals surface area contributed by atoms with E-state index in [1.165, 1.54) is 6.08 Å². The highest BCUT2D eigenvalue weighted by Crippen LogP contribution is 2.48. The van der Waals surface area contributed by atoms with E-state index in [1.54, 1.807) is 13.8 Å². The van der Waals surface area contributed by atoms with Crippen LogP contribution in [-0.2, 0) is 38.4 Å². The smallest absolute Gasteiger partial charge is 0.397 e. The molecule has 3 aliphatic rings. The Morgan fingerprint density at radius 2 is 2.00 bits per heavy atom. The number of fused-ring (bicyclic) bond motifs is 3. The Morgan fingerprint density at radius 3 is 2.60 bits per heavy atom. The Labute approximate surface area is 175 Å². The number of ether oxygens (including phenoxy) is 2. The van der Waals surface area contributed by atoms with Crippen molar-refractivity contribution in [1.29, 1.82) is 0 Å². The molecule has 2 aliphatic carbocycles. The molecular weight excluding hydrogens is 416 g/mol. The predicted molar refractivity (Wildman–Crippen MR) is 103 cm³/mol. The molecule has 0 aromatic heterocycles. The summed E-state index contributed by atoms with van der Waals surface area (Å²) in [6, 6.07) is 0. The summed E-state index contributed by atoms with van der Waals surface area (Å²) in [5, 5.41) is 0. The molecule has 0 spiro atoms. The minimum Gasteiger partial charge on any atom is -0.461 e. The first-order valence-electron chi connectivity index (χ1n) is 9.85. The van der Waals surface area contributed by atoms with Crippen LogP contribution in [0.25, 0.3) is 0 Å². The lowest BCUT2D eigenvalue weighted by Gasteiger charge is -2.28.